The number of nitrogens with one attached hydrogen (secondary N) is 2. The summed E-state index contributed by atoms with van der Waals surface area (Å²) in [6, 6.07) is 6.37. The molecule has 1 aromatic carbocycles. The Hall–Kier alpha value is -1.98. The van der Waals surface area contributed by atoms with Crippen LogP contribution in [-0.2, 0) is 0 Å². The predicted octanol–water partition coefficient (Wildman–Crippen LogP) is 1.87. The highest BCUT2D eigenvalue weighted by Gasteiger charge is 1.91. The first-order chi connectivity index (χ1) is 5.86. The van der Waals surface area contributed by atoms with Gasteiger partial charge in [0.1, 0.15) is 0 Å². The number of benzene rings is 1. The molecule has 62 valence electrons. The van der Waals surface area contributed by atoms with Gasteiger partial charge < -0.3 is 0 Å². The van der Waals surface area contributed by atoms with E-state index in [0.717, 1.165) is 0 Å². The van der Waals surface area contributed by atoms with E-state index in [0.29, 0.717) is 11.4 Å². The lowest BCUT2D eigenvalue weighted by Crippen LogP contribution is -1.88. The molecule has 0 heterocycles. The lowest BCUT2D eigenvalue weighted by Gasteiger charge is -1.98. The molecule has 0 fully saturated rings. The number of rotatable bonds is 4. The van der Waals surface area contributed by atoms with E-state index in [1.807, 2.05) is 0 Å². The van der Waals surface area contributed by atoms with Gasteiger partial charge in [0, 0.05) is 0 Å². The molecule has 0 amide bonds. The van der Waals surface area contributed by atoms with Crippen molar-refractivity contribution in [3.63, 3.8) is 0 Å². The Morgan fingerprint density at radius 1 is 0.833 bits per heavy atom. The largest absolute Gasteiger partial charge is 0.242 e. The molecule has 2 N–H and O–H groups in total. The van der Waals surface area contributed by atoms with Gasteiger partial charge >= 0.3 is 0 Å². The van der Waals surface area contributed by atoms with Gasteiger partial charge in [-0.3, -0.25) is 0 Å². The fraction of sp³-hybridized carbons (Fsp3) is 0. The van der Waals surface area contributed by atoms with Crippen molar-refractivity contribution < 1.29 is 0 Å². The molecule has 0 spiro atoms. The van der Waals surface area contributed by atoms with Gasteiger partial charge in [0.2, 0.25) is 0 Å². The number of nitrogens with zero attached hydrogens (tertiary/aromatic N) is 2. The van der Waals surface area contributed by atoms with Crippen LogP contribution in [-0.4, -0.2) is 0 Å². The van der Waals surface area contributed by atoms with Crippen molar-refractivity contribution in [1.29, 1.82) is 0 Å². The van der Waals surface area contributed by atoms with Gasteiger partial charge in [-0.2, -0.15) is 0 Å². The third-order valence-corrected chi connectivity index (χ3v) is 1.23. The molecule has 6 heteroatoms. The van der Waals surface area contributed by atoms with Crippen molar-refractivity contribution in [2.24, 2.45) is 10.6 Å². The molecule has 1 aromatic rings. The first-order valence-electron chi connectivity index (χ1n) is 3.13. The monoisotopic (exact) mass is 166 g/mol. The maximum absolute atomic E-state index is 9.74. The van der Waals surface area contributed by atoms with Crippen LogP contribution < -0.4 is 10.9 Å². The Labute approximate surface area is 67.9 Å². The minimum absolute atomic E-state index is 0.557. The third-order valence-electron chi connectivity index (χ3n) is 1.23. The molecule has 0 saturated heterocycles. The third kappa shape index (κ3) is 2.01. The minimum Gasteiger partial charge on any atom is -0.242 e. The van der Waals surface area contributed by atoms with Crippen molar-refractivity contribution >= 4 is 11.4 Å². The molecular weight excluding hydrogens is 160 g/mol. The zero-order valence-electron chi connectivity index (χ0n) is 6.02. The maximum atomic E-state index is 9.74. The molecule has 0 aliphatic rings. The summed E-state index contributed by atoms with van der Waals surface area (Å²) >= 11 is 0. The summed E-state index contributed by atoms with van der Waals surface area (Å²) in [6.45, 7) is 0. The second-order valence-corrected chi connectivity index (χ2v) is 1.98. The summed E-state index contributed by atoms with van der Waals surface area (Å²) in [5.41, 5.74) is 5.53. The summed E-state index contributed by atoms with van der Waals surface area (Å²) in [4.78, 5) is 19.5. The van der Waals surface area contributed by atoms with E-state index in [1.165, 1.54) is 0 Å². The molecule has 6 nitrogen and oxygen atoms in total. The fourth-order valence-corrected chi connectivity index (χ4v) is 0.725. The van der Waals surface area contributed by atoms with Crippen LogP contribution in [0.3, 0.4) is 0 Å². The van der Waals surface area contributed by atoms with Crippen LogP contribution in [0.5, 0.6) is 0 Å². The molecule has 12 heavy (non-hydrogen) atoms. The molecular formula is C6H6N4O2. The van der Waals surface area contributed by atoms with Crippen LogP contribution in [0.4, 0.5) is 11.4 Å². The lowest BCUT2D eigenvalue weighted by atomic mass is 10.3. The SMILES string of the molecule is O=NNc1ccc(NN=O)cc1. The van der Waals surface area contributed by atoms with Crippen LogP contribution in [0.25, 0.3) is 0 Å². The second kappa shape index (κ2) is 4.02. The van der Waals surface area contributed by atoms with Crippen molar-refractivity contribution in [3.05, 3.63) is 34.1 Å². The Balaban J connectivity index is 2.70. The molecule has 0 aliphatic heterocycles. The summed E-state index contributed by atoms with van der Waals surface area (Å²) in [5, 5.41) is 4.95. The van der Waals surface area contributed by atoms with Gasteiger partial charge in [0.05, 0.1) is 21.9 Å². The Morgan fingerprint density at radius 2 is 1.17 bits per heavy atom. The first-order valence-corrected chi connectivity index (χ1v) is 3.13. The highest BCUT2D eigenvalue weighted by molar-refractivity contribution is 5.52. The normalized spacial score (nSPS) is 8.67. The molecule has 0 aromatic heterocycles. The van der Waals surface area contributed by atoms with Crippen molar-refractivity contribution in [1.82, 2.24) is 0 Å². The van der Waals surface area contributed by atoms with E-state index in [1.54, 1.807) is 24.3 Å². The van der Waals surface area contributed by atoms with Gasteiger partial charge in [-0.25, -0.2) is 10.9 Å². The van der Waals surface area contributed by atoms with E-state index in [2.05, 4.69) is 21.4 Å². The first kappa shape index (κ1) is 8.12. The van der Waals surface area contributed by atoms with E-state index in [-0.39, 0.29) is 0 Å². The van der Waals surface area contributed by atoms with Gasteiger partial charge in [0.25, 0.3) is 0 Å². The van der Waals surface area contributed by atoms with Gasteiger partial charge in [0.15, 0.2) is 0 Å². The molecule has 0 aliphatic carbocycles. The Kier molecular flexibility index (Phi) is 2.72. The highest BCUT2D eigenvalue weighted by atomic mass is 16.3. The van der Waals surface area contributed by atoms with Crippen LogP contribution in [0.15, 0.2) is 34.8 Å². The standard InChI is InChI=1S/C6H6N4O2/c11-9-7-5-1-2-6(4-3-5)8-10-12/h1-4H,(H,7,11)(H,8,12). The van der Waals surface area contributed by atoms with Crippen molar-refractivity contribution in [2.45, 2.75) is 0 Å². The number of nitroso groups, excluding NO2 is 2. The van der Waals surface area contributed by atoms with Crippen LogP contribution >= 0.6 is 0 Å². The average Bonchev–Trinajstić information content (AvgIpc) is 2.09. The van der Waals surface area contributed by atoms with Crippen LogP contribution in [0, 0.1) is 9.81 Å². The van der Waals surface area contributed by atoms with Crippen molar-refractivity contribution in [2.75, 3.05) is 10.9 Å². The van der Waals surface area contributed by atoms with E-state index in [9.17, 15) is 9.81 Å². The summed E-state index contributed by atoms with van der Waals surface area (Å²) in [6.07, 6.45) is 0. The molecule has 0 saturated carbocycles. The average molecular weight is 166 g/mol. The fourth-order valence-electron chi connectivity index (χ4n) is 0.725. The van der Waals surface area contributed by atoms with E-state index >= 15 is 0 Å². The lowest BCUT2D eigenvalue weighted by molar-refractivity contribution is 1.29. The highest BCUT2D eigenvalue weighted by Crippen LogP contribution is 2.12. The summed E-state index contributed by atoms with van der Waals surface area (Å²) < 4.78 is 0. The van der Waals surface area contributed by atoms with Gasteiger partial charge in [-0.15, -0.1) is 9.81 Å². The number of hydrogen-bond acceptors (Lipinski definition) is 4. The molecule has 0 unspecified atom stereocenters. The van der Waals surface area contributed by atoms with Gasteiger partial charge in [-0.05, 0) is 24.3 Å². The van der Waals surface area contributed by atoms with Gasteiger partial charge in [-0.1, -0.05) is 0 Å². The zero-order valence-corrected chi connectivity index (χ0v) is 6.02. The van der Waals surface area contributed by atoms with Crippen LogP contribution in [0.2, 0.25) is 0 Å². The smallest absolute Gasteiger partial charge is 0.0595 e. The topological polar surface area (TPSA) is 82.9 Å². The van der Waals surface area contributed by atoms with E-state index in [4.69, 9.17) is 0 Å². The minimum atomic E-state index is 0.557. The zero-order chi connectivity index (χ0) is 8.81. The Bertz CT molecular complexity index is 242. The molecule has 0 radical (unpaired) electrons. The quantitative estimate of drug-likeness (QED) is 0.528. The van der Waals surface area contributed by atoms with Crippen molar-refractivity contribution in [3.8, 4) is 0 Å². The molecule has 0 bridgehead atoms. The number of anilines is 2. The van der Waals surface area contributed by atoms with E-state index < -0.39 is 0 Å². The maximum Gasteiger partial charge on any atom is 0.0595 e. The second-order valence-electron chi connectivity index (χ2n) is 1.98. The summed E-state index contributed by atoms with van der Waals surface area (Å²) in [5.74, 6) is 0. The van der Waals surface area contributed by atoms with Crippen LogP contribution in [0.1, 0.15) is 0 Å². The summed E-state index contributed by atoms with van der Waals surface area (Å²) in [7, 11) is 0. The molecule has 1 rings (SSSR count). The number of hydrogen-bond donors (Lipinski definition) is 2. The molecule has 0 atom stereocenters. The Morgan fingerprint density at radius 3 is 1.42 bits per heavy atom. The predicted molar refractivity (Wildman–Crippen MR) is 45.3 cm³/mol.